The molecule has 0 unspecified atom stereocenters. The number of carbonyl (C=O) groups excluding carboxylic acids is 1. The highest BCUT2D eigenvalue weighted by Gasteiger charge is 2.11. The molecule has 0 aliphatic heterocycles. The number of nitrogens with zero attached hydrogens (tertiary/aromatic N) is 1. The molecule has 1 amide bonds. The van der Waals surface area contributed by atoms with Gasteiger partial charge in [0.25, 0.3) is 0 Å². The van der Waals surface area contributed by atoms with Crippen molar-refractivity contribution >= 4 is 16.8 Å². The van der Waals surface area contributed by atoms with Crippen LogP contribution in [0.25, 0.3) is 10.9 Å². The summed E-state index contributed by atoms with van der Waals surface area (Å²) in [7, 11) is 0. The number of para-hydroxylation sites is 1. The van der Waals surface area contributed by atoms with E-state index in [4.69, 9.17) is 5.73 Å². The van der Waals surface area contributed by atoms with Crippen LogP contribution in [0, 0.1) is 0 Å². The van der Waals surface area contributed by atoms with Crippen molar-refractivity contribution in [1.82, 2.24) is 4.98 Å². The molecule has 0 fully saturated rings. The smallest absolute Gasteiger partial charge is 0.248 e. The van der Waals surface area contributed by atoms with Gasteiger partial charge < -0.3 is 5.73 Å². The second kappa shape index (κ2) is 5.98. The van der Waals surface area contributed by atoms with Gasteiger partial charge in [-0.1, -0.05) is 43.3 Å². The van der Waals surface area contributed by atoms with E-state index < -0.39 is 0 Å². The van der Waals surface area contributed by atoms with Gasteiger partial charge in [-0.15, -0.1) is 0 Å². The van der Waals surface area contributed by atoms with Crippen LogP contribution in [0.15, 0.2) is 54.6 Å². The average Bonchev–Trinajstić information content (AvgIpc) is 2.55. The first-order chi connectivity index (χ1) is 10.7. The highest BCUT2D eigenvalue weighted by Crippen LogP contribution is 2.23. The van der Waals surface area contributed by atoms with Gasteiger partial charge in [0.1, 0.15) is 0 Å². The van der Waals surface area contributed by atoms with Crippen LogP contribution in [0.1, 0.15) is 34.1 Å². The molecule has 0 aliphatic rings. The minimum atomic E-state index is -0.385. The molecular weight excluding hydrogens is 272 g/mol. The number of pyridine rings is 1. The fourth-order valence-corrected chi connectivity index (χ4v) is 2.76. The summed E-state index contributed by atoms with van der Waals surface area (Å²) in [6.07, 6.45) is 1.56. The van der Waals surface area contributed by atoms with Crippen molar-refractivity contribution in [3.8, 4) is 0 Å². The number of hydrogen-bond donors (Lipinski definition) is 1. The number of carbonyl (C=O) groups is 1. The first kappa shape index (κ1) is 14.3. The summed E-state index contributed by atoms with van der Waals surface area (Å²) >= 11 is 0. The Labute approximate surface area is 129 Å². The van der Waals surface area contributed by atoms with Crippen molar-refractivity contribution in [2.24, 2.45) is 5.73 Å². The van der Waals surface area contributed by atoms with Crippen LogP contribution in [-0.2, 0) is 12.8 Å². The van der Waals surface area contributed by atoms with E-state index in [0.717, 1.165) is 28.6 Å². The third-order valence-corrected chi connectivity index (χ3v) is 3.88. The molecule has 3 heteroatoms. The largest absolute Gasteiger partial charge is 0.366 e. The van der Waals surface area contributed by atoms with Crippen LogP contribution < -0.4 is 5.73 Å². The minimum Gasteiger partial charge on any atom is -0.366 e. The minimum absolute atomic E-state index is 0.385. The number of nitrogens with two attached hydrogens (primary N) is 1. The van der Waals surface area contributed by atoms with Crippen molar-refractivity contribution in [3.63, 3.8) is 0 Å². The topological polar surface area (TPSA) is 56.0 Å². The van der Waals surface area contributed by atoms with Crippen molar-refractivity contribution in [1.29, 1.82) is 0 Å². The van der Waals surface area contributed by atoms with Crippen molar-refractivity contribution < 1.29 is 4.79 Å². The Kier molecular flexibility index (Phi) is 3.88. The summed E-state index contributed by atoms with van der Waals surface area (Å²) in [6.45, 7) is 2.10. The number of aromatic nitrogens is 1. The van der Waals surface area contributed by atoms with Crippen molar-refractivity contribution in [2.75, 3.05) is 0 Å². The molecule has 0 aliphatic carbocycles. The third-order valence-electron chi connectivity index (χ3n) is 3.88. The van der Waals surface area contributed by atoms with E-state index in [-0.39, 0.29) is 5.91 Å². The number of primary amides is 1. The van der Waals surface area contributed by atoms with E-state index in [1.807, 2.05) is 36.4 Å². The normalized spacial score (nSPS) is 10.8. The maximum atomic E-state index is 11.6. The van der Waals surface area contributed by atoms with Crippen LogP contribution in [-0.4, -0.2) is 10.9 Å². The standard InChI is InChI=1S/C19H18N2O/c1-2-15-12-14(16-8-5-6-10-18(16)21-15)11-13-7-3-4-9-17(13)19(20)22/h3-10,12H,2,11H2,1H3,(H2,20,22). The molecule has 2 aromatic carbocycles. The summed E-state index contributed by atoms with van der Waals surface area (Å²) in [5, 5.41) is 1.12. The molecule has 3 nitrogen and oxygen atoms in total. The van der Waals surface area contributed by atoms with Gasteiger partial charge in [-0.3, -0.25) is 9.78 Å². The molecule has 0 saturated carbocycles. The van der Waals surface area contributed by atoms with Gasteiger partial charge in [-0.05, 0) is 42.2 Å². The molecule has 2 N–H and O–H groups in total. The van der Waals surface area contributed by atoms with E-state index in [9.17, 15) is 4.79 Å². The molecule has 0 spiro atoms. The van der Waals surface area contributed by atoms with E-state index in [0.29, 0.717) is 12.0 Å². The highest BCUT2D eigenvalue weighted by atomic mass is 16.1. The molecule has 3 aromatic rings. The van der Waals surface area contributed by atoms with E-state index in [1.54, 1.807) is 6.07 Å². The number of rotatable bonds is 4. The molecule has 3 rings (SSSR count). The Balaban J connectivity index is 2.13. The van der Waals surface area contributed by atoms with Gasteiger partial charge in [0.05, 0.1) is 5.52 Å². The fraction of sp³-hybridized carbons (Fsp3) is 0.158. The van der Waals surface area contributed by atoms with E-state index >= 15 is 0 Å². The van der Waals surface area contributed by atoms with Gasteiger partial charge in [0, 0.05) is 16.6 Å². The van der Waals surface area contributed by atoms with Crippen molar-refractivity contribution in [3.05, 3.63) is 77.0 Å². The van der Waals surface area contributed by atoms with Gasteiger partial charge in [-0.25, -0.2) is 0 Å². The predicted octanol–water partition coefficient (Wildman–Crippen LogP) is 3.49. The molecule has 1 aromatic heterocycles. The zero-order valence-electron chi connectivity index (χ0n) is 12.5. The zero-order chi connectivity index (χ0) is 15.5. The SMILES string of the molecule is CCc1cc(Cc2ccccc2C(N)=O)c2ccccc2n1. The maximum Gasteiger partial charge on any atom is 0.248 e. The maximum absolute atomic E-state index is 11.6. The molecule has 1 heterocycles. The molecule has 22 heavy (non-hydrogen) atoms. The molecule has 110 valence electrons. The quantitative estimate of drug-likeness (QED) is 0.799. The van der Waals surface area contributed by atoms with E-state index in [2.05, 4.69) is 24.0 Å². The van der Waals surface area contributed by atoms with Gasteiger partial charge in [-0.2, -0.15) is 0 Å². The Bertz CT molecular complexity index is 840. The molecule has 0 atom stereocenters. The number of amides is 1. The van der Waals surface area contributed by atoms with E-state index in [1.165, 1.54) is 5.56 Å². The average molecular weight is 290 g/mol. The van der Waals surface area contributed by atoms with Crippen molar-refractivity contribution in [2.45, 2.75) is 19.8 Å². The Morgan fingerprint density at radius 3 is 2.55 bits per heavy atom. The zero-order valence-corrected chi connectivity index (χ0v) is 12.5. The van der Waals surface area contributed by atoms with Crippen LogP contribution in [0.3, 0.4) is 0 Å². The monoisotopic (exact) mass is 290 g/mol. The predicted molar refractivity (Wildman–Crippen MR) is 88.9 cm³/mol. The van der Waals surface area contributed by atoms with Crippen LogP contribution in [0.2, 0.25) is 0 Å². The first-order valence-electron chi connectivity index (χ1n) is 7.44. The lowest BCUT2D eigenvalue weighted by Crippen LogP contribution is -2.13. The Hall–Kier alpha value is -2.68. The molecule has 0 saturated heterocycles. The highest BCUT2D eigenvalue weighted by molar-refractivity contribution is 5.94. The van der Waals surface area contributed by atoms with Gasteiger partial charge in [0.2, 0.25) is 5.91 Å². The summed E-state index contributed by atoms with van der Waals surface area (Å²) in [5.41, 5.74) is 10.3. The first-order valence-corrected chi connectivity index (χ1v) is 7.44. The molecule has 0 radical (unpaired) electrons. The Morgan fingerprint density at radius 2 is 1.77 bits per heavy atom. The van der Waals surface area contributed by atoms with Crippen LogP contribution >= 0.6 is 0 Å². The summed E-state index contributed by atoms with van der Waals surface area (Å²) in [4.78, 5) is 16.3. The summed E-state index contributed by atoms with van der Waals surface area (Å²) in [5.74, 6) is -0.385. The van der Waals surface area contributed by atoms with Crippen LogP contribution in [0.5, 0.6) is 0 Å². The lowest BCUT2D eigenvalue weighted by molar-refractivity contribution is 0.0999. The summed E-state index contributed by atoms with van der Waals surface area (Å²) in [6, 6.07) is 17.7. The fourth-order valence-electron chi connectivity index (χ4n) is 2.76. The lowest BCUT2D eigenvalue weighted by atomic mass is 9.96. The number of benzene rings is 2. The second-order valence-corrected chi connectivity index (χ2v) is 5.34. The van der Waals surface area contributed by atoms with Crippen LogP contribution in [0.4, 0.5) is 0 Å². The number of fused-ring (bicyclic) bond motifs is 1. The second-order valence-electron chi connectivity index (χ2n) is 5.34. The summed E-state index contributed by atoms with van der Waals surface area (Å²) < 4.78 is 0. The molecular formula is C19H18N2O. The molecule has 0 bridgehead atoms. The lowest BCUT2D eigenvalue weighted by Gasteiger charge is -2.11. The number of aryl methyl sites for hydroxylation is 1. The van der Waals surface area contributed by atoms with Gasteiger partial charge >= 0.3 is 0 Å². The Morgan fingerprint density at radius 1 is 1.05 bits per heavy atom. The third kappa shape index (κ3) is 2.70. The number of hydrogen-bond acceptors (Lipinski definition) is 2. The van der Waals surface area contributed by atoms with Gasteiger partial charge in [0.15, 0.2) is 0 Å².